The van der Waals surface area contributed by atoms with Gasteiger partial charge in [0.25, 0.3) is 17.5 Å². The van der Waals surface area contributed by atoms with Crippen molar-refractivity contribution in [2.24, 2.45) is 0 Å². The number of benzene rings is 3. The summed E-state index contributed by atoms with van der Waals surface area (Å²) in [4.78, 5) is 35.3. The van der Waals surface area contributed by atoms with Gasteiger partial charge in [-0.1, -0.05) is 35.9 Å². The van der Waals surface area contributed by atoms with Crippen molar-refractivity contribution >= 4 is 46.6 Å². The van der Waals surface area contributed by atoms with Crippen molar-refractivity contribution in [2.75, 3.05) is 24.4 Å². The molecule has 2 amide bonds. The van der Waals surface area contributed by atoms with Gasteiger partial charge < -0.3 is 20.1 Å². The van der Waals surface area contributed by atoms with Gasteiger partial charge in [-0.25, -0.2) is 0 Å². The number of nitrogens with one attached hydrogen (secondary N) is 2. The molecule has 0 fully saturated rings. The predicted molar refractivity (Wildman–Crippen MR) is 139 cm³/mol. The quantitative estimate of drug-likeness (QED) is 0.172. The van der Waals surface area contributed by atoms with Crippen LogP contribution in [0.4, 0.5) is 17.1 Å². The van der Waals surface area contributed by atoms with Crippen molar-refractivity contribution in [3.63, 3.8) is 0 Å². The van der Waals surface area contributed by atoms with Crippen LogP contribution >= 0.6 is 11.6 Å². The van der Waals surface area contributed by atoms with E-state index < -0.39 is 16.7 Å². The third-order valence-electron chi connectivity index (χ3n) is 5.01. The summed E-state index contributed by atoms with van der Waals surface area (Å²) in [6, 6.07) is 17.3. The summed E-state index contributed by atoms with van der Waals surface area (Å²) >= 11 is 6.35. The third kappa shape index (κ3) is 7.06. The minimum absolute atomic E-state index is 0.0886. The number of nitriles is 1. The van der Waals surface area contributed by atoms with Gasteiger partial charge in [-0.15, -0.1) is 0 Å². The largest absolute Gasteiger partial charge is 0.493 e. The van der Waals surface area contributed by atoms with Gasteiger partial charge in [-0.3, -0.25) is 19.7 Å². The predicted octanol–water partition coefficient (Wildman–Crippen LogP) is 5.13. The van der Waals surface area contributed by atoms with Crippen LogP contribution in [0, 0.1) is 28.4 Å². The Morgan fingerprint density at radius 2 is 1.89 bits per heavy atom. The Kier molecular flexibility index (Phi) is 8.81. The molecule has 11 heteroatoms. The van der Waals surface area contributed by atoms with Gasteiger partial charge in [0.2, 0.25) is 0 Å². The number of halogens is 1. The van der Waals surface area contributed by atoms with Gasteiger partial charge in [0, 0.05) is 23.5 Å². The molecule has 2 N–H and O–H groups in total. The summed E-state index contributed by atoms with van der Waals surface area (Å²) in [5.74, 6) is -0.883. The maximum absolute atomic E-state index is 12.6. The van der Waals surface area contributed by atoms with E-state index in [1.807, 2.05) is 19.1 Å². The number of para-hydroxylation sites is 1. The van der Waals surface area contributed by atoms with Gasteiger partial charge in [-0.05, 0) is 48.4 Å². The number of nitro benzene ring substituents is 1. The number of carbonyl (C=O) groups excluding carboxylic acids is 2. The Morgan fingerprint density at radius 3 is 2.57 bits per heavy atom. The molecule has 0 aliphatic heterocycles. The minimum atomic E-state index is -0.772. The molecule has 10 nitrogen and oxygen atoms in total. The first kappa shape index (κ1) is 26.7. The van der Waals surface area contributed by atoms with E-state index in [1.165, 1.54) is 49.6 Å². The van der Waals surface area contributed by atoms with Crippen molar-refractivity contribution in [1.29, 1.82) is 5.26 Å². The van der Waals surface area contributed by atoms with Crippen molar-refractivity contribution in [3.8, 4) is 17.6 Å². The maximum Gasteiger partial charge on any atom is 0.271 e. The molecule has 0 aliphatic rings. The average Bonchev–Trinajstić information content (AvgIpc) is 2.87. The SMILES string of the molecule is COc1cc(/C=C(/C#N)C(=O)Nc2cccc([N+](=O)[O-])c2)cc(Cl)c1OCC(=O)Nc1ccccc1C. The summed E-state index contributed by atoms with van der Waals surface area (Å²) in [6.45, 7) is 1.52. The molecule has 0 aliphatic carbocycles. The fourth-order valence-electron chi connectivity index (χ4n) is 3.21. The summed E-state index contributed by atoms with van der Waals surface area (Å²) < 4.78 is 10.9. The second-order valence-electron chi connectivity index (χ2n) is 7.62. The van der Waals surface area contributed by atoms with E-state index in [9.17, 15) is 25.0 Å². The highest BCUT2D eigenvalue weighted by atomic mass is 35.5. The number of non-ortho nitro benzene ring substituents is 1. The summed E-state index contributed by atoms with van der Waals surface area (Å²) in [6.07, 6.45) is 1.27. The molecule has 188 valence electrons. The van der Waals surface area contributed by atoms with E-state index in [-0.39, 0.29) is 40.1 Å². The van der Waals surface area contributed by atoms with Crippen LogP contribution in [0.15, 0.2) is 66.2 Å². The number of methoxy groups -OCH3 is 1. The smallest absolute Gasteiger partial charge is 0.271 e. The molecular formula is C26H21ClN4O6. The van der Waals surface area contributed by atoms with E-state index in [1.54, 1.807) is 18.2 Å². The monoisotopic (exact) mass is 520 g/mol. The molecule has 3 aromatic carbocycles. The highest BCUT2D eigenvalue weighted by molar-refractivity contribution is 6.32. The van der Waals surface area contributed by atoms with E-state index in [4.69, 9.17) is 21.1 Å². The lowest BCUT2D eigenvalue weighted by molar-refractivity contribution is -0.384. The molecular weight excluding hydrogens is 500 g/mol. The first-order valence-electron chi connectivity index (χ1n) is 10.7. The molecule has 0 bridgehead atoms. The Bertz CT molecular complexity index is 1430. The zero-order valence-electron chi connectivity index (χ0n) is 19.8. The van der Waals surface area contributed by atoms with Crippen LogP contribution in [0.25, 0.3) is 6.08 Å². The molecule has 0 heterocycles. The number of rotatable bonds is 9. The molecule has 0 saturated carbocycles. The number of amides is 2. The fourth-order valence-corrected chi connectivity index (χ4v) is 3.48. The highest BCUT2D eigenvalue weighted by Gasteiger charge is 2.16. The Morgan fingerprint density at radius 1 is 1.14 bits per heavy atom. The van der Waals surface area contributed by atoms with Gasteiger partial charge in [-0.2, -0.15) is 5.26 Å². The number of ether oxygens (including phenoxy) is 2. The van der Waals surface area contributed by atoms with E-state index >= 15 is 0 Å². The normalized spacial score (nSPS) is 10.7. The molecule has 3 aromatic rings. The summed E-state index contributed by atoms with van der Waals surface area (Å²) in [5.41, 5.74) is 1.57. The lowest BCUT2D eigenvalue weighted by atomic mass is 10.1. The van der Waals surface area contributed by atoms with Crippen molar-refractivity contribution in [1.82, 2.24) is 0 Å². The number of nitrogens with zero attached hydrogens (tertiary/aromatic N) is 2. The number of hydrogen-bond acceptors (Lipinski definition) is 7. The van der Waals surface area contributed by atoms with Crippen LogP contribution in [0.2, 0.25) is 5.02 Å². The third-order valence-corrected chi connectivity index (χ3v) is 5.29. The van der Waals surface area contributed by atoms with Crippen LogP contribution in [0.1, 0.15) is 11.1 Å². The number of hydrogen-bond donors (Lipinski definition) is 2. The number of carbonyl (C=O) groups is 2. The fraction of sp³-hybridized carbons (Fsp3) is 0.115. The number of nitro groups is 1. The zero-order valence-corrected chi connectivity index (χ0v) is 20.5. The zero-order chi connectivity index (χ0) is 26.9. The lowest BCUT2D eigenvalue weighted by Crippen LogP contribution is -2.21. The standard InChI is InChI=1S/C26H21ClN4O6/c1-16-6-3-4-9-22(16)30-24(32)15-37-25-21(27)11-17(12-23(25)36-2)10-18(14-28)26(33)29-19-7-5-8-20(13-19)31(34)35/h3-13H,15H2,1-2H3,(H,29,33)(H,30,32)/b18-10-. The molecule has 0 unspecified atom stereocenters. The van der Waals surface area contributed by atoms with Crippen LogP contribution in [0.3, 0.4) is 0 Å². The maximum atomic E-state index is 12.6. The van der Waals surface area contributed by atoms with Gasteiger partial charge in [0.05, 0.1) is 17.1 Å². The topological polar surface area (TPSA) is 144 Å². The Hall–Kier alpha value is -4.88. The highest BCUT2D eigenvalue weighted by Crippen LogP contribution is 2.37. The Labute approximate surface area is 217 Å². The van der Waals surface area contributed by atoms with Crippen molar-refractivity contribution in [3.05, 3.63) is 92.5 Å². The lowest BCUT2D eigenvalue weighted by Gasteiger charge is -2.14. The van der Waals surface area contributed by atoms with E-state index in [0.717, 1.165) is 5.56 Å². The minimum Gasteiger partial charge on any atom is -0.493 e. The molecule has 0 atom stereocenters. The van der Waals surface area contributed by atoms with E-state index in [2.05, 4.69) is 10.6 Å². The number of anilines is 2. The van der Waals surface area contributed by atoms with Crippen molar-refractivity contribution < 1.29 is 24.0 Å². The molecule has 0 spiro atoms. The summed E-state index contributed by atoms with van der Waals surface area (Å²) in [7, 11) is 1.37. The van der Waals surface area contributed by atoms with Gasteiger partial charge >= 0.3 is 0 Å². The van der Waals surface area contributed by atoms with Crippen LogP contribution in [0.5, 0.6) is 11.5 Å². The average molecular weight is 521 g/mol. The molecule has 37 heavy (non-hydrogen) atoms. The van der Waals surface area contributed by atoms with Gasteiger partial charge in [0.1, 0.15) is 11.6 Å². The van der Waals surface area contributed by atoms with Crippen LogP contribution in [-0.4, -0.2) is 30.5 Å². The van der Waals surface area contributed by atoms with Crippen LogP contribution < -0.4 is 20.1 Å². The van der Waals surface area contributed by atoms with E-state index in [0.29, 0.717) is 11.3 Å². The molecule has 3 rings (SSSR count). The molecule has 0 saturated heterocycles. The second kappa shape index (κ2) is 12.2. The molecule has 0 radical (unpaired) electrons. The second-order valence-corrected chi connectivity index (χ2v) is 8.02. The Balaban J connectivity index is 1.75. The van der Waals surface area contributed by atoms with Crippen LogP contribution in [-0.2, 0) is 9.59 Å². The van der Waals surface area contributed by atoms with Crippen molar-refractivity contribution in [2.45, 2.75) is 6.92 Å². The first-order chi connectivity index (χ1) is 17.7. The summed E-state index contributed by atoms with van der Waals surface area (Å²) in [5, 5.41) is 25.7. The number of aryl methyl sites for hydroxylation is 1. The molecule has 0 aromatic heterocycles. The first-order valence-corrected chi connectivity index (χ1v) is 11.1. The van der Waals surface area contributed by atoms with Gasteiger partial charge in [0.15, 0.2) is 18.1 Å².